The highest BCUT2D eigenvalue weighted by Gasteiger charge is 2.38. The van der Waals surface area contributed by atoms with Crippen molar-refractivity contribution in [3.8, 4) is 0 Å². The van der Waals surface area contributed by atoms with Gasteiger partial charge in [-0.15, -0.1) is 0 Å². The van der Waals surface area contributed by atoms with E-state index >= 15 is 0 Å². The molecule has 0 saturated carbocycles. The molecule has 1 fully saturated rings. The van der Waals surface area contributed by atoms with Crippen LogP contribution in [0.2, 0.25) is 0 Å². The van der Waals surface area contributed by atoms with Gasteiger partial charge in [-0.25, -0.2) is 0 Å². The van der Waals surface area contributed by atoms with E-state index in [9.17, 15) is 0 Å². The SMILES string of the molecule is CCOC1(CNC)CCN(C(C)C)C1. The lowest BCUT2D eigenvalue weighted by atomic mass is 10.0. The van der Waals surface area contributed by atoms with Crippen molar-refractivity contribution >= 4 is 0 Å². The van der Waals surface area contributed by atoms with E-state index in [1.807, 2.05) is 7.05 Å². The number of likely N-dealkylation sites (tertiary alicyclic amines) is 1. The van der Waals surface area contributed by atoms with Crippen molar-refractivity contribution in [1.29, 1.82) is 0 Å². The lowest BCUT2D eigenvalue weighted by Gasteiger charge is -2.30. The van der Waals surface area contributed by atoms with Gasteiger partial charge in [-0.2, -0.15) is 0 Å². The Morgan fingerprint density at radius 2 is 2.21 bits per heavy atom. The van der Waals surface area contributed by atoms with Crippen LogP contribution in [0.3, 0.4) is 0 Å². The lowest BCUT2D eigenvalue weighted by molar-refractivity contribution is -0.0301. The molecule has 1 atom stereocenters. The fourth-order valence-electron chi connectivity index (χ4n) is 2.26. The molecule has 1 aliphatic heterocycles. The van der Waals surface area contributed by atoms with Crippen LogP contribution >= 0.6 is 0 Å². The molecule has 1 unspecified atom stereocenters. The normalized spacial score (nSPS) is 28.9. The topological polar surface area (TPSA) is 24.5 Å². The summed E-state index contributed by atoms with van der Waals surface area (Å²) in [6.45, 7) is 10.6. The fraction of sp³-hybridized carbons (Fsp3) is 1.00. The van der Waals surface area contributed by atoms with Crippen LogP contribution in [0.1, 0.15) is 27.2 Å². The quantitative estimate of drug-likeness (QED) is 0.719. The second-order valence-electron chi connectivity index (χ2n) is 4.46. The molecule has 0 aromatic heterocycles. The van der Waals surface area contributed by atoms with E-state index in [-0.39, 0.29) is 5.60 Å². The molecular weight excluding hydrogens is 176 g/mol. The van der Waals surface area contributed by atoms with Crippen molar-refractivity contribution in [3.05, 3.63) is 0 Å². The van der Waals surface area contributed by atoms with Crippen LogP contribution in [0.5, 0.6) is 0 Å². The highest BCUT2D eigenvalue weighted by Crippen LogP contribution is 2.26. The van der Waals surface area contributed by atoms with E-state index in [1.165, 1.54) is 6.54 Å². The Kier molecular flexibility index (Phi) is 4.35. The molecule has 1 N–H and O–H groups in total. The van der Waals surface area contributed by atoms with Gasteiger partial charge in [0.1, 0.15) is 0 Å². The molecule has 0 aliphatic carbocycles. The maximum absolute atomic E-state index is 5.91. The van der Waals surface area contributed by atoms with Crippen molar-refractivity contribution in [2.45, 2.75) is 38.8 Å². The summed E-state index contributed by atoms with van der Waals surface area (Å²) < 4.78 is 5.91. The van der Waals surface area contributed by atoms with Crippen molar-refractivity contribution in [1.82, 2.24) is 10.2 Å². The summed E-state index contributed by atoms with van der Waals surface area (Å²) in [6, 6.07) is 0.634. The number of hydrogen-bond acceptors (Lipinski definition) is 3. The molecule has 0 spiro atoms. The minimum atomic E-state index is 0.0633. The first kappa shape index (κ1) is 12.0. The molecule has 0 bridgehead atoms. The maximum Gasteiger partial charge on any atom is 0.0944 e. The number of nitrogens with one attached hydrogen (secondary N) is 1. The van der Waals surface area contributed by atoms with Gasteiger partial charge in [-0.1, -0.05) is 0 Å². The molecule has 3 nitrogen and oxygen atoms in total. The number of rotatable bonds is 5. The molecule has 3 heteroatoms. The Morgan fingerprint density at radius 1 is 1.50 bits per heavy atom. The predicted molar refractivity (Wildman–Crippen MR) is 59.6 cm³/mol. The van der Waals surface area contributed by atoms with Crippen LogP contribution in [0, 0.1) is 0 Å². The molecule has 0 aromatic carbocycles. The molecule has 0 radical (unpaired) electrons. The Bertz CT molecular complexity index is 165. The lowest BCUT2D eigenvalue weighted by Crippen LogP contribution is -2.45. The number of ether oxygens (including phenoxy) is 1. The van der Waals surface area contributed by atoms with Crippen LogP contribution in [0.15, 0.2) is 0 Å². The molecule has 14 heavy (non-hydrogen) atoms. The highest BCUT2D eigenvalue weighted by molar-refractivity contribution is 4.94. The van der Waals surface area contributed by atoms with Crippen LogP contribution in [0.4, 0.5) is 0 Å². The predicted octanol–water partition coefficient (Wildman–Crippen LogP) is 1.10. The third-order valence-corrected chi connectivity index (χ3v) is 3.03. The zero-order valence-corrected chi connectivity index (χ0v) is 9.97. The molecule has 1 aliphatic rings. The van der Waals surface area contributed by atoms with Crippen molar-refractivity contribution in [2.24, 2.45) is 0 Å². The van der Waals surface area contributed by atoms with Gasteiger partial charge in [-0.05, 0) is 34.2 Å². The first-order valence-electron chi connectivity index (χ1n) is 5.66. The summed E-state index contributed by atoms with van der Waals surface area (Å²) in [5.41, 5.74) is 0.0633. The van der Waals surface area contributed by atoms with Gasteiger partial charge in [0.2, 0.25) is 0 Å². The third-order valence-electron chi connectivity index (χ3n) is 3.03. The molecule has 84 valence electrons. The Balaban J connectivity index is 2.54. The van der Waals surface area contributed by atoms with Crippen LogP contribution < -0.4 is 5.32 Å². The zero-order chi connectivity index (χ0) is 10.6. The monoisotopic (exact) mass is 200 g/mol. The van der Waals surface area contributed by atoms with Crippen molar-refractivity contribution in [3.63, 3.8) is 0 Å². The summed E-state index contributed by atoms with van der Waals surface area (Å²) in [5, 5.41) is 3.24. The van der Waals surface area contributed by atoms with Crippen LogP contribution in [-0.2, 0) is 4.74 Å². The summed E-state index contributed by atoms with van der Waals surface area (Å²) in [6.07, 6.45) is 1.15. The van der Waals surface area contributed by atoms with Crippen molar-refractivity contribution < 1.29 is 4.74 Å². The average molecular weight is 200 g/mol. The van der Waals surface area contributed by atoms with Crippen LogP contribution in [-0.4, -0.2) is 49.8 Å². The standard InChI is InChI=1S/C11H24N2O/c1-5-14-11(8-12-4)6-7-13(9-11)10(2)3/h10,12H,5-9H2,1-4H3. The number of likely N-dealkylation sites (N-methyl/N-ethyl adjacent to an activating group) is 1. The van der Waals surface area contributed by atoms with Gasteiger partial charge in [0, 0.05) is 32.3 Å². The highest BCUT2D eigenvalue weighted by atomic mass is 16.5. The summed E-state index contributed by atoms with van der Waals surface area (Å²) >= 11 is 0. The molecule has 1 heterocycles. The van der Waals surface area contributed by atoms with E-state index in [2.05, 4.69) is 31.0 Å². The van der Waals surface area contributed by atoms with Crippen molar-refractivity contribution in [2.75, 3.05) is 33.3 Å². The summed E-state index contributed by atoms with van der Waals surface area (Å²) in [5.74, 6) is 0. The minimum Gasteiger partial charge on any atom is -0.373 e. The smallest absolute Gasteiger partial charge is 0.0944 e. The number of hydrogen-bond donors (Lipinski definition) is 1. The third kappa shape index (κ3) is 2.69. The second kappa shape index (κ2) is 5.10. The Labute approximate surface area is 87.8 Å². The molecule has 1 saturated heterocycles. The van der Waals surface area contributed by atoms with Gasteiger partial charge in [0.25, 0.3) is 0 Å². The van der Waals surface area contributed by atoms with Gasteiger partial charge in [0.05, 0.1) is 5.60 Å². The van der Waals surface area contributed by atoms with E-state index in [4.69, 9.17) is 4.74 Å². The first-order chi connectivity index (χ1) is 6.63. The molecule has 0 amide bonds. The van der Waals surface area contributed by atoms with Gasteiger partial charge in [-0.3, -0.25) is 4.90 Å². The first-order valence-corrected chi connectivity index (χ1v) is 5.66. The van der Waals surface area contributed by atoms with E-state index in [1.54, 1.807) is 0 Å². The molecule has 1 rings (SSSR count). The fourth-order valence-corrected chi connectivity index (χ4v) is 2.26. The van der Waals surface area contributed by atoms with E-state index in [0.717, 1.165) is 26.1 Å². The van der Waals surface area contributed by atoms with Gasteiger partial charge >= 0.3 is 0 Å². The minimum absolute atomic E-state index is 0.0633. The number of nitrogens with zero attached hydrogens (tertiary/aromatic N) is 1. The van der Waals surface area contributed by atoms with E-state index in [0.29, 0.717) is 6.04 Å². The second-order valence-corrected chi connectivity index (χ2v) is 4.46. The Morgan fingerprint density at radius 3 is 2.64 bits per heavy atom. The summed E-state index contributed by atoms with van der Waals surface area (Å²) in [7, 11) is 2.00. The van der Waals surface area contributed by atoms with Crippen LogP contribution in [0.25, 0.3) is 0 Å². The maximum atomic E-state index is 5.91. The molecule has 0 aromatic rings. The van der Waals surface area contributed by atoms with Gasteiger partial charge in [0.15, 0.2) is 0 Å². The molecular formula is C11H24N2O. The summed E-state index contributed by atoms with van der Waals surface area (Å²) in [4.78, 5) is 2.49. The average Bonchev–Trinajstić information content (AvgIpc) is 2.51. The zero-order valence-electron chi connectivity index (χ0n) is 9.97. The van der Waals surface area contributed by atoms with Gasteiger partial charge < -0.3 is 10.1 Å². The van der Waals surface area contributed by atoms with E-state index < -0.39 is 0 Å². The Hall–Kier alpha value is -0.120. The largest absolute Gasteiger partial charge is 0.373 e.